The summed E-state index contributed by atoms with van der Waals surface area (Å²) in [6, 6.07) is 9.68. The number of rotatable bonds is 5. The summed E-state index contributed by atoms with van der Waals surface area (Å²) in [5.41, 5.74) is 2.90. The van der Waals surface area contributed by atoms with Crippen LogP contribution in [-0.4, -0.2) is 20.8 Å². The number of thiazole rings is 1. The second-order valence-electron chi connectivity index (χ2n) is 5.51. The Morgan fingerprint density at radius 3 is 2.83 bits per heavy atom. The first-order valence-corrected chi connectivity index (χ1v) is 8.52. The number of aromatic nitrogens is 3. The summed E-state index contributed by atoms with van der Waals surface area (Å²) in [7, 11) is 1.85. The van der Waals surface area contributed by atoms with Crippen molar-refractivity contribution in [2.24, 2.45) is 7.05 Å². The molecule has 1 atom stereocenters. The Bertz CT molecular complexity index is 811. The molecule has 2 heterocycles. The maximum absolute atomic E-state index is 12.0. The van der Waals surface area contributed by atoms with Gasteiger partial charge in [-0.2, -0.15) is 5.10 Å². The van der Waals surface area contributed by atoms with Crippen LogP contribution < -0.4 is 10.6 Å². The van der Waals surface area contributed by atoms with E-state index in [-0.39, 0.29) is 12.1 Å². The van der Waals surface area contributed by atoms with Crippen LogP contribution in [0, 0.1) is 0 Å². The highest BCUT2D eigenvalue weighted by molar-refractivity contribution is 7.13. The molecule has 0 radical (unpaired) electrons. The molecule has 0 aliphatic rings. The van der Waals surface area contributed by atoms with E-state index in [2.05, 4.69) is 20.7 Å². The molecule has 0 saturated carbocycles. The molecule has 0 saturated heterocycles. The summed E-state index contributed by atoms with van der Waals surface area (Å²) < 4.78 is 1.71. The van der Waals surface area contributed by atoms with Gasteiger partial charge in [-0.3, -0.25) is 4.68 Å². The molecule has 0 fully saturated rings. The van der Waals surface area contributed by atoms with E-state index in [1.807, 2.05) is 55.9 Å². The summed E-state index contributed by atoms with van der Waals surface area (Å²) in [5, 5.41) is 12.8. The van der Waals surface area contributed by atoms with E-state index in [4.69, 9.17) is 0 Å². The number of hydrogen-bond acceptors (Lipinski definition) is 4. The topological polar surface area (TPSA) is 71.8 Å². The standard InChI is InChI=1S/C17H19N5OS/c1-12(14-8-19-22(2)10-14)20-17(23)18-9-15-11-24-16(21-15)13-6-4-3-5-7-13/h3-8,10-12H,9H2,1-2H3,(H2,18,20,23)/t12-/m1/s1. The fraction of sp³-hybridized carbons (Fsp3) is 0.235. The van der Waals surface area contributed by atoms with Crippen molar-refractivity contribution in [3.8, 4) is 10.6 Å². The van der Waals surface area contributed by atoms with Gasteiger partial charge in [0.05, 0.1) is 24.5 Å². The fourth-order valence-corrected chi connectivity index (χ4v) is 3.09. The molecule has 7 heteroatoms. The molecule has 2 aromatic heterocycles. The molecule has 1 aromatic carbocycles. The Morgan fingerprint density at radius 1 is 1.33 bits per heavy atom. The molecule has 0 spiro atoms. The zero-order valence-electron chi connectivity index (χ0n) is 13.6. The van der Waals surface area contributed by atoms with Crippen molar-refractivity contribution in [3.05, 3.63) is 59.4 Å². The molecule has 0 bridgehead atoms. The monoisotopic (exact) mass is 341 g/mol. The van der Waals surface area contributed by atoms with E-state index in [1.54, 1.807) is 22.2 Å². The zero-order valence-corrected chi connectivity index (χ0v) is 14.4. The largest absolute Gasteiger partial charge is 0.332 e. The van der Waals surface area contributed by atoms with Crippen LogP contribution in [0.3, 0.4) is 0 Å². The van der Waals surface area contributed by atoms with Gasteiger partial charge < -0.3 is 10.6 Å². The van der Waals surface area contributed by atoms with Crippen molar-refractivity contribution < 1.29 is 4.79 Å². The van der Waals surface area contributed by atoms with Gasteiger partial charge in [0.25, 0.3) is 0 Å². The molecule has 2 amide bonds. The summed E-state index contributed by atoms with van der Waals surface area (Å²) >= 11 is 1.57. The first-order valence-electron chi connectivity index (χ1n) is 7.64. The molecule has 3 rings (SSSR count). The van der Waals surface area contributed by atoms with Gasteiger partial charge in [-0.15, -0.1) is 11.3 Å². The SMILES string of the molecule is C[C@@H](NC(=O)NCc1csc(-c2ccccc2)n1)c1cnn(C)c1. The Hall–Kier alpha value is -2.67. The number of aryl methyl sites for hydroxylation is 1. The predicted octanol–water partition coefficient (Wildman–Crippen LogP) is 3.10. The maximum Gasteiger partial charge on any atom is 0.315 e. The summed E-state index contributed by atoms with van der Waals surface area (Å²) in [6.07, 6.45) is 3.63. The molecule has 3 aromatic rings. The third-order valence-electron chi connectivity index (χ3n) is 3.57. The lowest BCUT2D eigenvalue weighted by molar-refractivity contribution is 0.237. The van der Waals surface area contributed by atoms with Gasteiger partial charge in [0.2, 0.25) is 0 Å². The van der Waals surface area contributed by atoms with Crippen LogP contribution >= 0.6 is 11.3 Å². The molecule has 124 valence electrons. The predicted molar refractivity (Wildman–Crippen MR) is 94.5 cm³/mol. The average Bonchev–Trinajstić information content (AvgIpc) is 3.23. The summed E-state index contributed by atoms with van der Waals surface area (Å²) in [6.45, 7) is 2.32. The number of nitrogens with zero attached hydrogens (tertiary/aromatic N) is 3. The highest BCUT2D eigenvalue weighted by atomic mass is 32.1. The van der Waals surface area contributed by atoms with Crippen LogP contribution in [0.15, 0.2) is 48.1 Å². The van der Waals surface area contributed by atoms with Gasteiger partial charge in [-0.1, -0.05) is 30.3 Å². The number of nitrogens with one attached hydrogen (secondary N) is 2. The molecular formula is C17H19N5OS. The minimum atomic E-state index is -0.222. The number of carbonyl (C=O) groups excluding carboxylic acids is 1. The van der Waals surface area contributed by atoms with Crippen LogP contribution in [0.5, 0.6) is 0 Å². The Morgan fingerprint density at radius 2 is 2.12 bits per heavy atom. The third-order valence-corrected chi connectivity index (χ3v) is 4.52. The van der Waals surface area contributed by atoms with Crippen LogP contribution in [0.4, 0.5) is 4.79 Å². The molecular weight excluding hydrogens is 322 g/mol. The number of hydrogen-bond donors (Lipinski definition) is 2. The van der Waals surface area contributed by atoms with Crippen molar-refractivity contribution in [1.29, 1.82) is 0 Å². The van der Waals surface area contributed by atoms with Gasteiger partial charge in [0.15, 0.2) is 0 Å². The number of benzene rings is 1. The van der Waals surface area contributed by atoms with Crippen LogP contribution in [-0.2, 0) is 13.6 Å². The molecule has 0 aliphatic heterocycles. The Kier molecular flexibility index (Phi) is 4.90. The van der Waals surface area contributed by atoms with Crippen molar-refractivity contribution >= 4 is 17.4 Å². The molecule has 0 aliphatic carbocycles. The number of urea groups is 1. The van der Waals surface area contributed by atoms with Gasteiger partial charge in [0.1, 0.15) is 5.01 Å². The summed E-state index contributed by atoms with van der Waals surface area (Å²) in [5.74, 6) is 0. The third kappa shape index (κ3) is 3.99. The molecule has 2 N–H and O–H groups in total. The van der Waals surface area contributed by atoms with Gasteiger partial charge in [-0.05, 0) is 6.92 Å². The summed E-state index contributed by atoms with van der Waals surface area (Å²) in [4.78, 5) is 16.6. The number of amides is 2. The first kappa shape index (κ1) is 16.2. The lowest BCUT2D eigenvalue weighted by atomic mass is 10.2. The van der Waals surface area contributed by atoms with E-state index in [9.17, 15) is 4.79 Å². The van der Waals surface area contributed by atoms with E-state index in [1.165, 1.54) is 0 Å². The van der Waals surface area contributed by atoms with Gasteiger partial charge in [0, 0.05) is 29.8 Å². The Balaban J connectivity index is 1.52. The van der Waals surface area contributed by atoms with Crippen molar-refractivity contribution in [2.75, 3.05) is 0 Å². The minimum absolute atomic E-state index is 0.103. The smallest absolute Gasteiger partial charge is 0.315 e. The van der Waals surface area contributed by atoms with Crippen molar-refractivity contribution in [3.63, 3.8) is 0 Å². The highest BCUT2D eigenvalue weighted by Crippen LogP contribution is 2.23. The van der Waals surface area contributed by atoms with Crippen molar-refractivity contribution in [1.82, 2.24) is 25.4 Å². The van der Waals surface area contributed by atoms with E-state index in [0.29, 0.717) is 6.54 Å². The van der Waals surface area contributed by atoms with Gasteiger partial charge in [-0.25, -0.2) is 9.78 Å². The molecule has 24 heavy (non-hydrogen) atoms. The molecule has 0 unspecified atom stereocenters. The second kappa shape index (κ2) is 7.27. The number of carbonyl (C=O) groups is 1. The fourth-order valence-electron chi connectivity index (χ4n) is 2.27. The van der Waals surface area contributed by atoms with E-state index in [0.717, 1.165) is 21.8 Å². The van der Waals surface area contributed by atoms with E-state index < -0.39 is 0 Å². The van der Waals surface area contributed by atoms with Crippen LogP contribution in [0.1, 0.15) is 24.2 Å². The average molecular weight is 341 g/mol. The van der Waals surface area contributed by atoms with Gasteiger partial charge >= 0.3 is 6.03 Å². The van der Waals surface area contributed by atoms with Crippen LogP contribution in [0.25, 0.3) is 10.6 Å². The second-order valence-corrected chi connectivity index (χ2v) is 6.36. The lowest BCUT2D eigenvalue weighted by Gasteiger charge is -2.12. The van der Waals surface area contributed by atoms with E-state index >= 15 is 0 Å². The zero-order chi connectivity index (χ0) is 16.9. The molecule has 6 nitrogen and oxygen atoms in total. The normalized spacial score (nSPS) is 11.9. The Labute approximate surface area is 144 Å². The lowest BCUT2D eigenvalue weighted by Crippen LogP contribution is -2.36. The maximum atomic E-state index is 12.0. The highest BCUT2D eigenvalue weighted by Gasteiger charge is 2.11. The minimum Gasteiger partial charge on any atom is -0.332 e. The quantitative estimate of drug-likeness (QED) is 0.749. The van der Waals surface area contributed by atoms with Crippen molar-refractivity contribution in [2.45, 2.75) is 19.5 Å². The van der Waals surface area contributed by atoms with Crippen LogP contribution in [0.2, 0.25) is 0 Å². The first-order chi connectivity index (χ1) is 11.6.